The summed E-state index contributed by atoms with van der Waals surface area (Å²) in [5.74, 6) is 1.82. The number of amides is 1. The van der Waals surface area contributed by atoms with Gasteiger partial charge in [-0.2, -0.15) is 0 Å². The minimum absolute atomic E-state index is 0.256. The molecule has 152 valence electrons. The number of hydrogen-bond donors (Lipinski definition) is 1. The molecule has 3 rings (SSSR count). The van der Waals surface area contributed by atoms with Gasteiger partial charge in [-0.05, 0) is 43.7 Å². The SMILES string of the molecule is CCOc1ccc(NC(=O)c2csc(Cc3ccc(OC)cc3)n2)cc1OCC. The molecule has 7 heteroatoms. The smallest absolute Gasteiger partial charge is 0.275 e. The van der Waals surface area contributed by atoms with Crippen LogP contribution in [0.1, 0.15) is 34.9 Å². The van der Waals surface area contributed by atoms with Crippen molar-refractivity contribution in [1.82, 2.24) is 4.98 Å². The molecule has 3 aromatic rings. The number of anilines is 1. The van der Waals surface area contributed by atoms with E-state index in [0.717, 1.165) is 16.3 Å². The van der Waals surface area contributed by atoms with Gasteiger partial charge in [0.2, 0.25) is 0 Å². The molecule has 0 aliphatic carbocycles. The Bertz CT molecular complexity index is 954. The average molecular weight is 413 g/mol. The normalized spacial score (nSPS) is 10.4. The number of nitrogens with one attached hydrogen (secondary N) is 1. The van der Waals surface area contributed by atoms with Crippen LogP contribution in [0, 0.1) is 0 Å². The molecule has 1 amide bonds. The first-order valence-electron chi connectivity index (χ1n) is 9.41. The van der Waals surface area contributed by atoms with Crippen LogP contribution < -0.4 is 19.5 Å². The van der Waals surface area contributed by atoms with Gasteiger partial charge in [-0.25, -0.2) is 4.98 Å². The lowest BCUT2D eigenvalue weighted by Crippen LogP contribution is -2.12. The lowest BCUT2D eigenvalue weighted by atomic mass is 10.1. The van der Waals surface area contributed by atoms with E-state index in [0.29, 0.717) is 42.5 Å². The van der Waals surface area contributed by atoms with Crippen molar-refractivity contribution >= 4 is 22.9 Å². The molecule has 0 spiro atoms. The maximum Gasteiger partial charge on any atom is 0.275 e. The third-order valence-electron chi connectivity index (χ3n) is 4.10. The van der Waals surface area contributed by atoms with Crippen molar-refractivity contribution < 1.29 is 19.0 Å². The number of aromatic nitrogens is 1. The van der Waals surface area contributed by atoms with Crippen LogP contribution in [0.15, 0.2) is 47.8 Å². The molecule has 1 aromatic heterocycles. The van der Waals surface area contributed by atoms with Crippen LogP contribution in [0.3, 0.4) is 0 Å². The van der Waals surface area contributed by atoms with Crippen LogP contribution in [-0.2, 0) is 6.42 Å². The quantitative estimate of drug-likeness (QED) is 0.547. The number of carbonyl (C=O) groups is 1. The van der Waals surface area contributed by atoms with E-state index in [9.17, 15) is 4.79 Å². The molecule has 0 saturated heterocycles. The number of methoxy groups -OCH3 is 1. The molecule has 0 atom stereocenters. The van der Waals surface area contributed by atoms with E-state index in [1.54, 1.807) is 30.7 Å². The Kier molecular flexibility index (Phi) is 7.08. The molecule has 2 aromatic carbocycles. The van der Waals surface area contributed by atoms with Gasteiger partial charge in [0, 0.05) is 23.6 Å². The largest absolute Gasteiger partial charge is 0.497 e. The predicted octanol–water partition coefficient (Wildman–Crippen LogP) is 4.79. The molecule has 0 bridgehead atoms. The van der Waals surface area contributed by atoms with Gasteiger partial charge in [0.15, 0.2) is 11.5 Å². The molecule has 0 radical (unpaired) electrons. The summed E-state index contributed by atoms with van der Waals surface area (Å²) in [5.41, 5.74) is 2.14. The van der Waals surface area contributed by atoms with E-state index in [-0.39, 0.29) is 5.91 Å². The fourth-order valence-corrected chi connectivity index (χ4v) is 3.55. The topological polar surface area (TPSA) is 69.7 Å². The van der Waals surface area contributed by atoms with Gasteiger partial charge in [0.1, 0.15) is 11.4 Å². The Hall–Kier alpha value is -3.06. The minimum Gasteiger partial charge on any atom is -0.497 e. The van der Waals surface area contributed by atoms with Crippen LogP contribution in [0.25, 0.3) is 0 Å². The van der Waals surface area contributed by atoms with Gasteiger partial charge < -0.3 is 19.5 Å². The highest BCUT2D eigenvalue weighted by atomic mass is 32.1. The molecule has 1 heterocycles. The Morgan fingerprint density at radius 1 is 1.03 bits per heavy atom. The van der Waals surface area contributed by atoms with E-state index in [2.05, 4.69) is 10.3 Å². The summed E-state index contributed by atoms with van der Waals surface area (Å²) < 4.78 is 16.3. The van der Waals surface area contributed by atoms with Gasteiger partial charge in [-0.15, -0.1) is 11.3 Å². The van der Waals surface area contributed by atoms with Crippen LogP contribution in [0.4, 0.5) is 5.69 Å². The van der Waals surface area contributed by atoms with Gasteiger partial charge in [-0.3, -0.25) is 4.79 Å². The first-order chi connectivity index (χ1) is 14.1. The lowest BCUT2D eigenvalue weighted by molar-refractivity contribution is 0.102. The number of nitrogens with zero attached hydrogens (tertiary/aromatic N) is 1. The van der Waals surface area contributed by atoms with Crippen LogP contribution in [0.2, 0.25) is 0 Å². The molecule has 6 nitrogen and oxygen atoms in total. The number of carbonyl (C=O) groups excluding carboxylic acids is 1. The number of rotatable bonds is 9. The standard InChI is InChI=1S/C22H24N2O4S/c1-4-27-19-11-8-16(13-20(19)28-5-2)23-22(25)18-14-29-21(24-18)12-15-6-9-17(26-3)10-7-15/h6-11,13-14H,4-5,12H2,1-3H3,(H,23,25). The zero-order valence-corrected chi connectivity index (χ0v) is 17.5. The van der Waals surface area contributed by atoms with Crippen molar-refractivity contribution in [1.29, 1.82) is 0 Å². The zero-order chi connectivity index (χ0) is 20.6. The number of thiazole rings is 1. The van der Waals surface area contributed by atoms with Gasteiger partial charge in [0.25, 0.3) is 5.91 Å². The van der Waals surface area contributed by atoms with E-state index in [1.165, 1.54) is 11.3 Å². The van der Waals surface area contributed by atoms with Crippen molar-refractivity contribution in [2.24, 2.45) is 0 Å². The highest BCUT2D eigenvalue weighted by Crippen LogP contribution is 2.31. The van der Waals surface area contributed by atoms with Gasteiger partial charge >= 0.3 is 0 Å². The van der Waals surface area contributed by atoms with Crippen LogP contribution in [-0.4, -0.2) is 31.2 Å². The number of benzene rings is 2. The Balaban J connectivity index is 1.67. The van der Waals surface area contributed by atoms with Crippen molar-refractivity contribution in [3.05, 3.63) is 64.1 Å². The molecule has 0 fully saturated rings. The molecule has 29 heavy (non-hydrogen) atoms. The molecular formula is C22H24N2O4S. The Morgan fingerprint density at radius 2 is 1.76 bits per heavy atom. The summed E-state index contributed by atoms with van der Waals surface area (Å²) >= 11 is 1.47. The molecule has 1 N–H and O–H groups in total. The molecular weight excluding hydrogens is 388 g/mol. The lowest BCUT2D eigenvalue weighted by Gasteiger charge is -2.12. The van der Waals surface area contributed by atoms with E-state index in [1.807, 2.05) is 38.1 Å². The summed E-state index contributed by atoms with van der Waals surface area (Å²) in [5, 5.41) is 5.52. The summed E-state index contributed by atoms with van der Waals surface area (Å²) in [6.45, 7) is 4.87. The van der Waals surface area contributed by atoms with Gasteiger partial charge in [0.05, 0.1) is 25.3 Å². The minimum atomic E-state index is -0.256. The summed E-state index contributed by atoms with van der Waals surface area (Å²) in [6.07, 6.45) is 0.666. The molecule has 0 saturated carbocycles. The monoisotopic (exact) mass is 412 g/mol. The van der Waals surface area contributed by atoms with Crippen LogP contribution in [0.5, 0.6) is 17.2 Å². The third-order valence-corrected chi connectivity index (χ3v) is 4.95. The maximum absolute atomic E-state index is 12.6. The van der Waals surface area contributed by atoms with Crippen molar-refractivity contribution in [3.8, 4) is 17.2 Å². The first-order valence-corrected chi connectivity index (χ1v) is 10.3. The van der Waals surface area contributed by atoms with E-state index in [4.69, 9.17) is 14.2 Å². The van der Waals surface area contributed by atoms with Crippen molar-refractivity contribution in [3.63, 3.8) is 0 Å². The first kappa shape index (κ1) is 20.7. The summed E-state index contributed by atoms with van der Waals surface area (Å²) in [7, 11) is 1.64. The fourth-order valence-electron chi connectivity index (χ4n) is 2.74. The van der Waals surface area contributed by atoms with E-state index < -0.39 is 0 Å². The van der Waals surface area contributed by atoms with Gasteiger partial charge in [-0.1, -0.05) is 12.1 Å². The Labute approximate surface area is 174 Å². The fraction of sp³-hybridized carbons (Fsp3) is 0.273. The zero-order valence-electron chi connectivity index (χ0n) is 16.7. The second kappa shape index (κ2) is 9.93. The number of ether oxygens (including phenoxy) is 3. The highest BCUT2D eigenvalue weighted by molar-refractivity contribution is 7.09. The van der Waals surface area contributed by atoms with E-state index >= 15 is 0 Å². The second-order valence-corrected chi connectivity index (χ2v) is 7.08. The predicted molar refractivity (Wildman–Crippen MR) is 115 cm³/mol. The van der Waals surface area contributed by atoms with Crippen molar-refractivity contribution in [2.75, 3.05) is 25.6 Å². The highest BCUT2D eigenvalue weighted by Gasteiger charge is 2.13. The summed E-state index contributed by atoms with van der Waals surface area (Å²) in [6, 6.07) is 13.2. The van der Waals surface area contributed by atoms with Crippen LogP contribution >= 0.6 is 11.3 Å². The number of hydrogen-bond acceptors (Lipinski definition) is 6. The van der Waals surface area contributed by atoms with Crippen molar-refractivity contribution in [2.45, 2.75) is 20.3 Å². The molecule has 0 aliphatic rings. The summed E-state index contributed by atoms with van der Waals surface area (Å²) in [4.78, 5) is 17.1. The Morgan fingerprint density at radius 3 is 2.45 bits per heavy atom. The second-order valence-electron chi connectivity index (χ2n) is 6.13. The molecule has 0 aliphatic heterocycles. The maximum atomic E-state index is 12.6. The third kappa shape index (κ3) is 5.48. The molecule has 0 unspecified atom stereocenters. The average Bonchev–Trinajstić information content (AvgIpc) is 3.19.